The predicted octanol–water partition coefficient (Wildman–Crippen LogP) is 2.79. The van der Waals surface area contributed by atoms with Gasteiger partial charge in [-0.05, 0) is 37.3 Å². The summed E-state index contributed by atoms with van der Waals surface area (Å²) < 4.78 is 0. The molecule has 7 nitrogen and oxygen atoms in total. The molecule has 0 aliphatic heterocycles. The van der Waals surface area contributed by atoms with Gasteiger partial charge < -0.3 is 21.3 Å². The summed E-state index contributed by atoms with van der Waals surface area (Å²) in [5, 5.41) is 10.6. The number of urea groups is 1. The van der Waals surface area contributed by atoms with Gasteiger partial charge >= 0.3 is 6.03 Å². The molecule has 0 heterocycles. The number of anilines is 3. The molecule has 2 rings (SSSR count). The lowest BCUT2D eigenvalue weighted by molar-refractivity contribution is -0.124. The molecule has 2 aromatic rings. The van der Waals surface area contributed by atoms with Crippen LogP contribution in [0.1, 0.15) is 13.8 Å². The first kappa shape index (κ1) is 18.0. The number of carbonyl (C=O) groups excluding carboxylic acids is 3. The Bertz CT molecular complexity index is 762. The van der Waals surface area contributed by atoms with Crippen molar-refractivity contribution in [3.05, 3.63) is 54.6 Å². The zero-order valence-corrected chi connectivity index (χ0v) is 14.0. The van der Waals surface area contributed by atoms with Crippen molar-refractivity contribution in [2.24, 2.45) is 0 Å². The number of benzene rings is 2. The van der Waals surface area contributed by atoms with E-state index in [4.69, 9.17) is 0 Å². The van der Waals surface area contributed by atoms with E-state index in [-0.39, 0.29) is 17.8 Å². The minimum Gasteiger partial charge on any atom is -0.345 e. The van der Waals surface area contributed by atoms with E-state index in [0.29, 0.717) is 17.1 Å². The highest BCUT2D eigenvalue weighted by atomic mass is 16.2. The van der Waals surface area contributed by atoms with E-state index in [1.807, 2.05) is 18.2 Å². The van der Waals surface area contributed by atoms with Crippen molar-refractivity contribution in [1.29, 1.82) is 0 Å². The SMILES string of the molecule is CC(=O)NC(C)C(=O)Nc1cccc(NC(=O)Nc2ccccc2)c1. The lowest BCUT2D eigenvalue weighted by Gasteiger charge is -2.14. The molecule has 130 valence electrons. The molecule has 2 aromatic carbocycles. The molecule has 4 N–H and O–H groups in total. The van der Waals surface area contributed by atoms with E-state index in [2.05, 4.69) is 21.3 Å². The standard InChI is InChI=1S/C18H20N4O3/c1-12(19-13(2)23)17(24)20-15-9-6-10-16(11-15)22-18(25)21-14-7-4-3-5-8-14/h3-12H,1-2H3,(H,19,23)(H,20,24)(H2,21,22,25). The molecule has 0 aromatic heterocycles. The second-order valence-corrected chi connectivity index (χ2v) is 5.44. The Labute approximate surface area is 145 Å². The van der Waals surface area contributed by atoms with Crippen molar-refractivity contribution in [1.82, 2.24) is 5.32 Å². The molecule has 1 atom stereocenters. The number of para-hydroxylation sites is 1. The van der Waals surface area contributed by atoms with Crippen LogP contribution in [0.2, 0.25) is 0 Å². The molecule has 0 bridgehead atoms. The number of hydrogen-bond donors (Lipinski definition) is 4. The van der Waals surface area contributed by atoms with Crippen molar-refractivity contribution < 1.29 is 14.4 Å². The summed E-state index contributed by atoms with van der Waals surface area (Å²) in [6.07, 6.45) is 0. The van der Waals surface area contributed by atoms with Crippen molar-refractivity contribution in [3.8, 4) is 0 Å². The fourth-order valence-corrected chi connectivity index (χ4v) is 2.11. The molecule has 7 heteroatoms. The first-order chi connectivity index (χ1) is 11.9. The van der Waals surface area contributed by atoms with Crippen LogP contribution in [0.25, 0.3) is 0 Å². The topological polar surface area (TPSA) is 99.3 Å². The Morgan fingerprint density at radius 3 is 2.00 bits per heavy atom. The minimum absolute atomic E-state index is 0.282. The summed E-state index contributed by atoms with van der Waals surface area (Å²) in [4.78, 5) is 35.0. The summed E-state index contributed by atoms with van der Waals surface area (Å²) in [6, 6.07) is 14.7. The van der Waals surface area contributed by atoms with Crippen molar-refractivity contribution >= 4 is 34.9 Å². The Morgan fingerprint density at radius 1 is 0.800 bits per heavy atom. The Hall–Kier alpha value is -3.35. The highest BCUT2D eigenvalue weighted by Gasteiger charge is 2.14. The molecule has 0 radical (unpaired) electrons. The van der Waals surface area contributed by atoms with E-state index in [1.54, 1.807) is 43.3 Å². The zero-order valence-electron chi connectivity index (χ0n) is 14.0. The highest BCUT2D eigenvalue weighted by molar-refractivity contribution is 6.01. The molecule has 0 aliphatic carbocycles. The van der Waals surface area contributed by atoms with Crippen LogP contribution in [0.5, 0.6) is 0 Å². The van der Waals surface area contributed by atoms with Crippen LogP contribution in [-0.2, 0) is 9.59 Å². The molecule has 0 spiro atoms. The average Bonchev–Trinajstić information content (AvgIpc) is 2.55. The number of carbonyl (C=O) groups is 3. The first-order valence-electron chi connectivity index (χ1n) is 7.75. The van der Waals surface area contributed by atoms with Gasteiger partial charge in [0, 0.05) is 24.0 Å². The van der Waals surface area contributed by atoms with Crippen molar-refractivity contribution in [3.63, 3.8) is 0 Å². The fraction of sp³-hybridized carbons (Fsp3) is 0.167. The Kier molecular flexibility index (Phi) is 6.11. The van der Waals surface area contributed by atoms with Gasteiger partial charge in [0.05, 0.1) is 0 Å². The maximum absolute atomic E-state index is 12.0. The smallest absolute Gasteiger partial charge is 0.323 e. The lowest BCUT2D eigenvalue weighted by atomic mass is 10.2. The molecular weight excluding hydrogens is 320 g/mol. The van der Waals surface area contributed by atoms with Gasteiger partial charge in [-0.2, -0.15) is 0 Å². The fourth-order valence-electron chi connectivity index (χ4n) is 2.11. The van der Waals surface area contributed by atoms with Gasteiger partial charge in [0.25, 0.3) is 0 Å². The van der Waals surface area contributed by atoms with E-state index in [0.717, 1.165) is 0 Å². The van der Waals surface area contributed by atoms with Crippen LogP contribution < -0.4 is 21.3 Å². The monoisotopic (exact) mass is 340 g/mol. The molecular formula is C18H20N4O3. The van der Waals surface area contributed by atoms with Gasteiger partial charge in [0.2, 0.25) is 11.8 Å². The summed E-state index contributed by atoms with van der Waals surface area (Å²) >= 11 is 0. The second-order valence-electron chi connectivity index (χ2n) is 5.44. The van der Waals surface area contributed by atoms with Gasteiger partial charge in [0.15, 0.2) is 0 Å². The maximum atomic E-state index is 12.0. The maximum Gasteiger partial charge on any atom is 0.323 e. The number of nitrogens with one attached hydrogen (secondary N) is 4. The number of rotatable bonds is 5. The Morgan fingerprint density at radius 2 is 1.36 bits per heavy atom. The summed E-state index contributed by atoms with van der Waals surface area (Å²) in [6.45, 7) is 2.94. The quantitative estimate of drug-likeness (QED) is 0.673. The van der Waals surface area contributed by atoms with Crippen LogP contribution in [0, 0.1) is 0 Å². The van der Waals surface area contributed by atoms with Crippen molar-refractivity contribution in [2.75, 3.05) is 16.0 Å². The number of amides is 4. The van der Waals surface area contributed by atoms with E-state index < -0.39 is 6.04 Å². The lowest BCUT2D eigenvalue weighted by Crippen LogP contribution is -2.40. The molecule has 0 aliphatic rings. The highest BCUT2D eigenvalue weighted by Crippen LogP contribution is 2.16. The third kappa shape index (κ3) is 5.98. The Balaban J connectivity index is 1.95. The van der Waals surface area contributed by atoms with E-state index in [1.165, 1.54) is 6.92 Å². The third-order valence-corrected chi connectivity index (χ3v) is 3.23. The van der Waals surface area contributed by atoms with Gasteiger partial charge in [-0.25, -0.2) is 4.79 Å². The van der Waals surface area contributed by atoms with E-state index >= 15 is 0 Å². The molecule has 25 heavy (non-hydrogen) atoms. The van der Waals surface area contributed by atoms with Crippen LogP contribution in [0.15, 0.2) is 54.6 Å². The normalized spacial score (nSPS) is 11.1. The van der Waals surface area contributed by atoms with Gasteiger partial charge in [-0.3, -0.25) is 9.59 Å². The summed E-state index contributed by atoms with van der Waals surface area (Å²) in [5.74, 6) is -0.628. The van der Waals surface area contributed by atoms with Gasteiger partial charge in [-0.1, -0.05) is 24.3 Å². The van der Waals surface area contributed by atoms with Crippen LogP contribution in [0.3, 0.4) is 0 Å². The second kappa shape index (κ2) is 8.49. The summed E-state index contributed by atoms with van der Waals surface area (Å²) in [5.41, 5.74) is 1.71. The minimum atomic E-state index is -0.657. The summed E-state index contributed by atoms with van der Waals surface area (Å²) in [7, 11) is 0. The predicted molar refractivity (Wildman–Crippen MR) is 97.4 cm³/mol. The molecule has 0 saturated heterocycles. The van der Waals surface area contributed by atoms with Gasteiger partial charge in [-0.15, -0.1) is 0 Å². The molecule has 1 unspecified atom stereocenters. The molecule has 4 amide bonds. The van der Waals surface area contributed by atoms with Gasteiger partial charge in [0.1, 0.15) is 6.04 Å². The largest absolute Gasteiger partial charge is 0.345 e. The molecule has 0 saturated carbocycles. The zero-order chi connectivity index (χ0) is 18.2. The average molecular weight is 340 g/mol. The number of hydrogen-bond acceptors (Lipinski definition) is 3. The third-order valence-electron chi connectivity index (χ3n) is 3.23. The first-order valence-corrected chi connectivity index (χ1v) is 7.75. The van der Waals surface area contributed by atoms with Crippen molar-refractivity contribution in [2.45, 2.75) is 19.9 Å². The van der Waals surface area contributed by atoms with Crippen LogP contribution >= 0.6 is 0 Å². The van der Waals surface area contributed by atoms with Crippen LogP contribution in [0.4, 0.5) is 21.9 Å². The van der Waals surface area contributed by atoms with Crippen LogP contribution in [-0.4, -0.2) is 23.9 Å². The van der Waals surface area contributed by atoms with E-state index in [9.17, 15) is 14.4 Å². The molecule has 0 fully saturated rings.